The van der Waals surface area contributed by atoms with Gasteiger partial charge in [-0.3, -0.25) is 0 Å². The van der Waals surface area contributed by atoms with Crippen LogP contribution in [-0.2, 0) is 6.54 Å². The lowest BCUT2D eigenvalue weighted by Gasteiger charge is -2.09. The highest BCUT2D eigenvalue weighted by molar-refractivity contribution is 5.94. The molecule has 2 N–H and O–H groups in total. The van der Waals surface area contributed by atoms with Crippen LogP contribution >= 0.6 is 0 Å². The van der Waals surface area contributed by atoms with E-state index >= 15 is 0 Å². The topological polar surface area (TPSA) is 62.5 Å². The number of rotatable bonds is 4. The molecule has 1 heterocycles. The van der Waals surface area contributed by atoms with Crippen LogP contribution in [0, 0.1) is 0 Å². The van der Waals surface area contributed by atoms with Gasteiger partial charge in [0.2, 0.25) is 5.76 Å². The third-order valence-electron chi connectivity index (χ3n) is 3.20. The van der Waals surface area contributed by atoms with Crippen LogP contribution in [-0.4, -0.2) is 11.1 Å². The Kier molecular flexibility index (Phi) is 3.13. The SMILES string of the molecule is O=C(O)c1occc1CNc1cccc2ccccc12. The molecule has 3 rings (SSSR count). The van der Waals surface area contributed by atoms with Gasteiger partial charge in [0.15, 0.2) is 0 Å². The minimum Gasteiger partial charge on any atom is -0.475 e. The third kappa shape index (κ3) is 2.23. The van der Waals surface area contributed by atoms with Gasteiger partial charge >= 0.3 is 5.97 Å². The van der Waals surface area contributed by atoms with Crippen molar-refractivity contribution in [2.24, 2.45) is 0 Å². The maximum atomic E-state index is 11.0. The van der Waals surface area contributed by atoms with Crippen molar-refractivity contribution in [3.63, 3.8) is 0 Å². The van der Waals surface area contributed by atoms with Crippen LogP contribution in [0.3, 0.4) is 0 Å². The van der Waals surface area contributed by atoms with E-state index in [2.05, 4.69) is 5.32 Å². The number of hydrogen-bond donors (Lipinski definition) is 2. The Morgan fingerprint density at radius 2 is 1.90 bits per heavy atom. The van der Waals surface area contributed by atoms with Gasteiger partial charge in [0.25, 0.3) is 0 Å². The Bertz CT molecular complexity index is 756. The Hall–Kier alpha value is -2.75. The fourth-order valence-electron chi connectivity index (χ4n) is 2.23. The summed E-state index contributed by atoms with van der Waals surface area (Å²) >= 11 is 0. The number of anilines is 1. The summed E-state index contributed by atoms with van der Waals surface area (Å²) in [6.45, 7) is 0.409. The summed E-state index contributed by atoms with van der Waals surface area (Å²) in [5, 5.41) is 14.5. The second-order valence-corrected chi connectivity index (χ2v) is 4.46. The number of carboxylic acids is 1. The van der Waals surface area contributed by atoms with Gasteiger partial charge in [0.1, 0.15) is 0 Å². The van der Waals surface area contributed by atoms with Crippen LogP contribution < -0.4 is 5.32 Å². The number of carboxylic acid groups (broad SMARTS) is 1. The molecular formula is C16H13NO3. The smallest absolute Gasteiger partial charge is 0.372 e. The molecule has 0 fully saturated rings. The lowest BCUT2D eigenvalue weighted by atomic mass is 10.1. The first-order valence-corrected chi connectivity index (χ1v) is 6.27. The first-order chi connectivity index (χ1) is 9.75. The molecule has 4 heteroatoms. The molecule has 0 aliphatic carbocycles. The first kappa shape index (κ1) is 12.3. The average molecular weight is 267 g/mol. The maximum Gasteiger partial charge on any atom is 0.372 e. The average Bonchev–Trinajstić information content (AvgIpc) is 2.93. The number of carbonyl (C=O) groups is 1. The molecule has 0 radical (unpaired) electrons. The van der Waals surface area contributed by atoms with Crippen LogP contribution in [0.5, 0.6) is 0 Å². The number of fused-ring (bicyclic) bond motifs is 1. The van der Waals surface area contributed by atoms with Crippen LogP contribution in [0.1, 0.15) is 16.1 Å². The van der Waals surface area contributed by atoms with Crippen molar-refractivity contribution < 1.29 is 14.3 Å². The highest BCUT2D eigenvalue weighted by Crippen LogP contribution is 2.24. The predicted molar refractivity (Wildman–Crippen MR) is 76.9 cm³/mol. The van der Waals surface area contributed by atoms with E-state index in [0.29, 0.717) is 12.1 Å². The number of hydrogen-bond acceptors (Lipinski definition) is 3. The summed E-state index contributed by atoms with van der Waals surface area (Å²) in [6, 6.07) is 15.7. The van der Waals surface area contributed by atoms with E-state index in [4.69, 9.17) is 9.52 Å². The Morgan fingerprint density at radius 3 is 2.75 bits per heavy atom. The molecule has 0 saturated heterocycles. The van der Waals surface area contributed by atoms with E-state index in [0.717, 1.165) is 16.5 Å². The summed E-state index contributed by atoms with van der Waals surface area (Å²) in [5.74, 6) is -1.07. The zero-order valence-electron chi connectivity index (χ0n) is 10.7. The summed E-state index contributed by atoms with van der Waals surface area (Å²) in [4.78, 5) is 11.0. The van der Waals surface area contributed by atoms with Crippen LogP contribution in [0.2, 0.25) is 0 Å². The second-order valence-electron chi connectivity index (χ2n) is 4.46. The summed E-state index contributed by atoms with van der Waals surface area (Å²) in [6.07, 6.45) is 1.39. The van der Waals surface area contributed by atoms with Crippen molar-refractivity contribution in [2.45, 2.75) is 6.54 Å². The minimum atomic E-state index is -1.05. The van der Waals surface area contributed by atoms with Crippen LogP contribution in [0.4, 0.5) is 5.69 Å². The zero-order valence-corrected chi connectivity index (χ0v) is 10.7. The molecule has 2 aromatic carbocycles. The molecular weight excluding hydrogens is 254 g/mol. The molecule has 0 spiro atoms. The van der Waals surface area contributed by atoms with Gasteiger partial charge in [-0.1, -0.05) is 36.4 Å². The summed E-state index contributed by atoms with van der Waals surface area (Å²) in [5.41, 5.74) is 1.60. The normalized spacial score (nSPS) is 10.6. The van der Waals surface area contributed by atoms with Crippen molar-refractivity contribution in [3.05, 3.63) is 66.1 Å². The molecule has 1 aromatic heterocycles. The number of benzene rings is 2. The van der Waals surface area contributed by atoms with Crippen molar-refractivity contribution in [1.82, 2.24) is 0 Å². The van der Waals surface area contributed by atoms with E-state index in [1.165, 1.54) is 6.26 Å². The fraction of sp³-hybridized carbons (Fsp3) is 0.0625. The van der Waals surface area contributed by atoms with Gasteiger partial charge in [-0.25, -0.2) is 4.79 Å². The lowest BCUT2D eigenvalue weighted by molar-refractivity contribution is 0.0661. The Balaban J connectivity index is 1.87. The van der Waals surface area contributed by atoms with E-state index in [1.807, 2.05) is 42.5 Å². The maximum absolute atomic E-state index is 11.0. The highest BCUT2D eigenvalue weighted by atomic mass is 16.4. The van der Waals surface area contributed by atoms with Gasteiger partial charge in [-0.2, -0.15) is 0 Å². The highest BCUT2D eigenvalue weighted by Gasteiger charge is 2.13. The van der Waals surface area contributed by atoms with Gasteiger partial charge in [0, 0.05) is 23.2 Å². The molecule has 0 aliphatic rings. The molecule has 100 valence electrons. The van der Waals surface area contributed by atoms with E-state index in [-0.39, 0.29) is 5.76 Å². The first-order valence-electron chi connectivity index (χ1n) is 6.27. The van der Waals surface area contributed by atoms with Gasteiger partial charge < -0.3 is 14.8 Å². The predicted octanol–water partition coefficient (Wildman–Crippen LogP) is 3.74. The summed E-state index contributed by atoms with van der Waals surface area (Å²) in [7, 11) is 0. The molecule has 0 amide bonds. The molecule has 0 atom stereocenters. The van der Waals surface area contributed by atoms with E-state index in [1.54, 1.807) is 6.07 Å². The van der Waals surface area contributed by atoms with Gasteiger partial charge in [0.05, 0.1) is 6.26 Å². The van der Waals surface area contributed by atoms with Crippen molar-refractivity contribution >= 4 is 22.4 Å². The molecule has 4 nitrogen and oxygen atoms in total. The standard InChI is InChI=1S/C16H13NO3/c18-16(19)15-12(8-9-20-15)10-17-14-7-3-5-11-4-1-2-6-13(11)14/h1-9,17H,10H2,(H,18,19). The third-order valence-corrected chi connectivity index (χ3v) is 3.20. The quantitative estimate of drug-likeness (QED) is 0.755. The number of furan rings is 1. The molecule has 0 saturated carbocycles. The van der Waals surface area contributed by atoms with Crippen LogP contribution in [0.15, 0.2) is 59.2 Å². The second kappa shape index (κ2) is 5.09. The largest absolute Gasteiger partial charge is 0.475 e. The van der Waals surface area contributed by atoms with E-state index in [9.17, 15) is 4.79 Å². The molecule has 0 unspecified atom stereocenters. The number of nitrogens with one attached hydrogen (secondary N) is 1. The Labute approximate surface area is 115 Å². The van der Waals surface area contributed by atoms with Gasteiger partial charge in [-0.05, 0) is 17.5 Å². The monoisotopic (exact) mass is 267 g/mol. The fourth-order valence-corrected chi connectivity index (χ4v) is 2.23. The minimum absolute atomic E-state index is 0.0160. The molecule has 20 heavy (non-hydrogen) atoms. The molecule has 0 aliphatic heterocycles. The number of aromatic carboxylic acids is 1. The molecule has 0 bridgehead atoms. The van der Waals surface area contributed by atoms with Gasteiger partial charge in [-0.15, -0.1) is 0 Å². The van der Waals surface area contributed by atoms with E-state index < -0.39 is 5.97 Å². The van der Waals surface area contributed by atoms with Crippen LogP contribution in [0.25, 0.3) is 10.8 Å². The summed E-state index contributed by atoms with van der Waals surface area (Å²) < 4.78 is 4.96. The van der Waals surface area contributed by atoms with Crippen molar-refractivity contribution in [3.8, 4) is 0 Å². The van der Waals surface area contributed by atoms with Crippen molar-refractivity contribution in [2.75, 3.05) is 5.32 Å². The van der Waals surface area contributed by atoms with Crippen molar-refractivity contribution in [1.29, 1.82) is 0 Å². The molecule has 3 aromatic rings. The zero-order chi connectivity index (χ0) is 13.9. The lowest BCUT2D eigenvalue weighted by Crippen LogP contribution is -2.04. The Morgan fingerprint density at radius 1 is 1.10 bits per heavy atom.